The molecular formula is C11H10O5S. The second-order valence-corrected chi connectivity index (χ2v) is 4.36. The summed E-state index contributed by atoms with van der Waals surface area (Å²) in [6.45, 7) is -0.760. The molecule has 1 aliphatic rings. The van der Waals surface area contributed by atoms with Gasteiger partial charge in [-0.1, -0.05) is 0 Å². The Hall–Kier alpha value is -1.53. The number of fused-ring (bicyclic) bond motifs is 1. The van der Waals surface area contributed by atoms with Crippen molar-refractivity contribution in [1.29, 1.82) is 0 Å². The van der Waals surface area contributed by atoms with Gasteiger partial charge in [-0.25, -0.2) is 4.79 Å². The molecule has 17 heavy (non-hydrogen) atoms. The molecule has 0 amide bonds. The number of carbonyl (C=O) groups excluding carboxylic acids is 1. The van der Waals surface area contributed by atoms with Crippen molar-refractivity contribution >= 4 is 24.4 Å². The van der Waals surface area contributed by atoms with Crippen LogP contribution in [0.15, 0.2) is 23.1 Å². The molecule has 6 heteroatoms. The third-order valence-electron chi connectivity index (χ3n) is 2.66. The predicted molar refractivity (Wildman–Crippen MR) is 60.7 cm³/mol. The molecule has 0 aromatic heterocycles. The number of carboxylic acid groups (broad SMARTS) is 1. The minimum atomic E-state index is -1.88. The highest BCUT2D eigenvalue weighted by atomic mass is 32.1. The van der Waals surface area contributed by atoms with Gasteiger partial charge in [0.25, 0.3) is 0 Å². The Kier molecular flexibility index (Phi) is 2.84. The van der Waals surface area contributed by atoms with Crippen LogP contribution in [0.3, 0.4) is 0 Å². The number of hydrogen-bond acceptors (Lipinski definition) is 5. The lowest BCUT2D eigenvalue weighted by Crippen LogP contribution is -2.52. The SMILES string of the molecule is O=C1CC(CO)(C(=O)O)Oc2cc(S)ccc21. The van der Waals surface area contributed by atoms with Gasteiger partial charge in [0.2, 0.25) is 5.60 Å². The van der Waals surface area contributed by atoms with Gasteiger partial charge in [0.15, 0.2) is 5.78 Å². The second kappa shape index (κ2) is 4.05. The van der Waals surface area contributed by atoms with E-state index < -0.39 is 18.2 Å². The predicted octanol–water partition coefficient (Wildman–Crippen LogP) is 0.756. The zero-order chi connectivity index (χ0) is 12.6. The number of carbonyl (C=O) groups is 2. The zero-order valence-electron chi connectivity index (χ0n) is 8.71. The van der Waals surface area contributed by atoms with E-state index in [9.17, 15) is 9.59 Å². The maximum atomic E-state index is 11.8. The molecule has 2 rings (SSSR count). The van der Waals surface area contributed by atoms with Crippen molar-refractivity contribution in [1.82, 2.24) is 0 Å². The number of aliphatic hydroxyl groups excluding tert-OH is 1. The van der Waals surface area contributed by atoms with Gasteiger partial charge in [-0.2, -0.15) is 0 Å². The normalized spacial score (nSPS) is 22.8. The molecule has 0 saturated carbocycles. The van der Waals surface area contributed by atoms with Gasteiger partial charge in [-0.05, 0) is 18.2 Å². The maximum Gasteiger partial charge on any atom is 0.351 e. The Labute approximate surface area is 102 Å². The number of ketones is 1. The van der Waals surface area contributed by atoms with Gasteiger partial charge in [0.05, 0.1) is 18.6 Å². The van der Waals surface area contributed by atoms with Crippen LogP contribution in [0.25, 0.3) is 0 Å². The summed E-state index contributed by atoms with van der Waals surface area (Å²) in [7, 11) is 0. The molecule has 0 radical (unpaired) electrons. The third-order valence-corrected chi connectivity index (χ3v) is 2.94. The van der Waals surface area contributed by atoms with Crippen molar-refractivity contribution in [3.8, 4) is 5.75 Å². The zero-order valence-corrected chi connectivity index (χ0v) is 9.61. The first-order chi connectivity index (χ1) is 7.98. The van der Waals surface area contributed by atoms with Gasteiger partial charge < -0.3 is 14.9 Å². The molecule has 1 aliphatic heterocycles. The molecule has 0 fully saturated rings. The molecule has 5 nitrogen and oxygen atoms in total. The Morgan fingerprint density at radius 3 is 2.82 bits per heavy atom. The monoisotopic (exact) mass is 254 g/mol. The fraction of sp³-hybridized carbons (Fsp3) is 0.273. The fourth-order valence-corrected chi connectivity index (χ4v) is 1.89. The number of aliphatic hydroxyl groups is 1. The van der Waals surface area contributed by atoms with E-state index in [1.807, 2.05) is 0 Å². The van der Waals surface area contributed by atoms with Gasteiger partial charge >= 0.3 is 5.97 Å². The van der Waals surface area contributed by atoms with Crippen LogP contribution in [-0.4, -0.2) is 34.2 Å². The highest BCUT2D eigenvalue weighted by molar-refractivity contribution is 7.80. The highest BCUT2D eigenvalue weighted by Crippen LogP contribution is 2.34. The summed E-state index contributed by atoms with van der Waals surface area (Å²) in [6, 6.07) is 4.61. The quantitative estimate of drug-likeness (QED) is 0.678. The van der Waals surface area contributed by atoms with Crippen LogP contribution in [0.2, 0.25) is 0 Å². The van der Waals surface area contributed by atoms with Crippen LogP contribution in [0.1, 0.15) is 16.8 Å². The number of benzene rings is 1. The van der Waals surface area contributed by atoms with Crippen molar-refractivity contribution in [3.05, 3.63) is 23.8 Å². The Morgan fingerprint density at radius 2 is 2.24 bits per heavy atom. The summed E-state index contributed by atoms with van der Waals surface area (Å²) >= 11 is 4.08. The lowest BCUT2D eigenvalue weighted by Gasteiger charge is -2.32. The van der Waals surface area contributed by atoms with E-state index in [0.717, 1.165) is 0 Å². The molecule has 0 aliphatic carbocycles. The number of Topliss-reactive ketones (excluding diaryl/α,β-unsaturated/α-hetero) is 1. The largest absolute Gasteiger partial charge is 0.478 e. The number of aliphatic carboxylic acids is 1. The highest BCUT2D eigenvalue weighted by Gasteiger charge is 2.47. The van der Waals surface area contributed by atoms with Crippen LogP contribution >= 0.6 is 12.6 Å². The summed E-state index contributed by atoms with van der Waals surface area (Å²) in [5, 5.41) is 18.2. The molecule has 1 unspecified atom stereocenters. The molecule has 90 valence electrons. The van der Waals surface area contributed by atoms with E-state index in [2.05, 4.69) is 12.6 Å². The standard InChI is InChI=1S/C11H10O5S/c12-5-11(10(14)15)4-8(13)7-2-1-6(17)3-9(7)16-11/h1-3,12,17H,4-5H2,(H,14,15). The van der Waals surface area contributed by atoms with E-state index in [-0.39, 0.29) is 18.0 Å². The first-order valence-electron chi connectivity index (χ1n) is 4.88. The van der Waals surface area contributed by atoms with Gasteiger partial charge in [-0.15, -0.1) is 12.6 Å². The first-order valence-corrected chi connectivity index (χ1v) is 5.33. The van der Waals surface area contributed by atoms with Crippen molar-refractivity contribution in [3.63, 3.8) is 0 Å². The smallest absolute Gasteiger partial charge is 0.351 e. The summed E-state index contributed by atoms with van der Waals surface area (Å²) < 4.78 is 5.26. The van der Waals surface area contributed by atoms with Crippen LogP contribution in [0, 0.1) is 0 Å². The molecular weight excluding hydrogens is 244 g/mol. The lowest BCUT2D eigenvalue weighted by atomic mass is 9.90. The summed E-state index contributed by atoms with van der Waals surface area (Å²) in [5.41, 5.74) is -1.57. The van der Waals surface area contributed by atoms with Crippen LogP contribution in [0.4, 0.5) is 0 Å². The number of thiol groups is 1. The Morgan fingerprint density at radius 1 is 1.53 bits per heavy atom. The van der Waals surface area contributed by atoms with Gasteiger partial charge in [-0.3, -0.25) is 4.79 Å². The summed E-state index contributed by atoms with van der Waals surface area (Å²) in [4.78, 5) is 23.4. The van der Waals surface area contributed by atoms with Gasteiger partial charge in [0, 0.05) is 4.90 Å². The molecule has 1 aromatic carbocycles. The average molecular weight is 254 g/mol. The minimum absolute atomic E-state index is 0.144. The minimum Gasteiger partial charge on any atom is -0.478 e. The van der Waals surface area contributed by atoms with Crippen molar-refractivity contribution in [2.24, 2.45) is 0 Å². The Balaban J connectivity index is 2.51. The number of rotatable bonds is 2. The number of carboxylic acids is 1. The number of ether oxygens (including phenoxy) is 1. The van der Waals surface area contributed by atoms with E-state index in [1.54, 1.807) is 6.07 Å². The molecule has 0 spiro atoms. The van der Waals surface area contributed by atoms with Crippen molar-refractivity contribution in [2.45, 2.75) is 16.9 Å². The van der Waals surface area contributed by atoms with E-state index in [1.165, 1.54) is 12.1 Å². The second-order valence-electron chi connectivity index (χ2n) is 3.84. The van der Waals surface area contributed by atoms with E-state index in [4.69, 9.17) is 14.9 Å². The van der Waals surface area contributed by atoms with Crippen LogP contribution in [0.5, 0.6) is 5.75 Å². The molecule has 0 bridgehead atoms. The van der Waals surface area contributed by atoms with E-state index >= 15 is 0 Å². The van der Waals surface area contributed by atoms with Crippen molar-refractivity contribution in [2.75, 3.05) is 6.61 Å². The van der Waals surface area contributed by atoms with Gasteiger partial charge in [0.1, 0.15) is 5.75 Å². The molecule has 2 N–H and O–H groups in total. The Bertz CT molecular complexity index is 499. The maximum absolute atomic E-state index is 11.8. The fourth-order valence-electron chi connectivity index (χ4n) is 1.70. The number of hydrogen-bond donors (Lipinski definition) is 3. The molecule has 1 aromatic rings. The topological polar surface area (TPSA) is 83.8 Å². The van der Waals surface area contributed by atoms with E-state index in [0.29, 0.717) is 10.5 Å². The third kappa shape index (κ3) is 1.89. The summed E-state index contributed by atoms with van der Waals surface area (Å²) in [6.07, 6.45) is -0.377. The lowest BCUT2D eigenvalue weighted by molar-refractivity contribution is -0.159. The summed E-state index contributed by atoms with van der Waals surface area (Å²) in [5.74, 6) is -1.58. The average Bonchev–Trinajstić information content (AvgIpc) is 2.27. The first kappa shape index (κ1) is 11.9. The van der Waals surface area contributed by atoms with Crippen molar-refractivity contribution < 1.29 is 24.5 Å². The van der Waals surface area contributed by atoms with Crippen LogP contribution < -0.4 is 4.74 Å². The molecule has 0 saturated heterocycles. The molecule has 1 atom stereocenters. The van der Waals surface area contributed by atoms with Crippen LogP contribution in [-0.2, 0) is 4.79 Å². The molecule has 1 heterocycles.